The number of alkyl halides is 3. The molecule has 0 fully saturated rings. The highest BCUT2D eigenvalue weighted by Gasteiger charge is 2.29. The lowest BCUT2D eigenvalue weighted by atomic mass is 9.99. The number of fused-ring (bicyclic) bond motifs is 1. The van der Waals surface area contributed by atoms with Gasteiger partial charge < -0.3 is 10.5 Å². The summed E-state index contributed by atoms with van der Waals surface area (Å²) in [5.74, 6) is 0.660. The Morgan fingerprint density at radius 2 is 2.11 bits per heavy atom. The van der Waals surface area contributed by atoms with Crippen molar-refractivity contribution in [2.24, 2.45) is 5.73 Å². The minimum absolute atomic E-state index is 0.129. The normalized spacial score (nSPS) is 16.3. The lowest BCUT2D eigenvalue weighted by Crippen LogP contribution is -2.16. The van der Waals surface area contributed by atoms with Gasteiger partial charge in [0.25, 0.3) is 0 Å². The van der Waals surface area contributed by atoms with Gasteiger partial charge in [-0.2, -0.15) is 13.2 Å². The molecular weight excluding hydrogens is 311 g/mol. The van der Waals surface area contributed by atoms with Crippen molar-refractivity contribution in [1.82, 2.24) is 0 Å². The molecule has 18 heavy (non-hydrogen) atoms. The van der Waals surface area contributed by atoms with Crippen molar-refractivity contribution < 1.29 is 17.9 Å². The Labute approximate surface area is 111 Å². The molecular formula is C12H13BrF3NO. The van der Waals surface area contributed by atoms with E-state index in [1.807, 2.05) is 6.07 Å². The van der Waals surface area contributed by atoms with Gasteiger partial charge in [-0.1, -0.05) is 15.9 Å². The van der Waals surface area contributed by atoms with Crippen LogP contribution in [0.3, 0.4) is 0 Å². The van der Waals surface area contributed by atoms with E-state index in [2.05, 4.69) is 15.9 Å². The predicted molar refractivity (Wildman–Crippen MR) is 65.6 cm³/mol. The topological polar surface area (TPSA) is 35.2 Å². The van der Waals surface area contributed by atoms with Crippen LogP contribution < -0.4 is 10.5 Å². The summed E-state index contributed by atoms with van der Waals surface area (Å²) < 4.78 is 42.8. The van der Waals surface area contributed by atoms with Crippen LogP contribution in [-0.4, -0.2) is 12.8 Å². The van der Waals surface area contributed by atoms with Crippen molar-refractivity contribution in [3.8, 4) is 5.75 Å². The molecule has 0 bridgehead atoms. The first kappa shape index (κ1) is 13.7. The van der Waals surface area contributed by atoms with E-state index in [1.54, 1.807) is 6.07 Å². The molecule has 0 spiro atoms. The molecule has 1 aromatic rings. The molecule has 0 radical (unpaired) electrons. The summed E-state index contributed by atoms with van der Waals surface area (Å²) in [4.78, 5) is 0. The maximum absolute atomic E-state index is 12.2. The lowest BCUT2D eigenvalue weighted by molar-refractivity contribution is -0.136. The molecule has 1 aliphatic rings. The van der Waals surface area contributed by atoms with E-state index < -0.39 is 18.6 Å². The fourth-order valence-corrected chi connectivity index (χ4v) is 2.57. The van der Waals surface area contributed by atoms with Crippen LogP contribution in [0.25, 0.3) is 0 Å². The van der Waals surface area contributed by atoms with E-state index in [1.165, 1.54) is 0 Å². The van der Waals surface area contributed by atoms with Crippen molar-refractivity contribution in [2.75, 3.05) is 6.61 Å². The average Bonchev–Trinajstić information content (AvgIpc) is 2.71. The molecule has 1 aromatic carbocycles. The van der Waals surface area contributed by atoms with E-state index in [0.717, 1.165) is 16.5 Å². The van der Waals surface area contributed by atoms with E-state index in [-0.39, 0.29) is 6.42 Å². The summed E-state index contributed by atoms with van der Waals surface area (Å²) in [6, 6.07) is 3.00. The highest BCUT2D eigenvalue weighted by molar-refractivity contribution is 9.10. The molecule has 2 N–H and O–H groups in total. The molecule has 1 heterocycles. The molecule has 1 unspecified atom stereocenters. The molecule has 0 saturated carbocycles. The van der Waals surface area contributed by atoms with Crippen molar-refractivity contribution in [3.63, 3.8) is 0 Å². The zero-order valence-corrected chi connectivity index (χ0v) is 11.1. The van der Waals surface area contributed by atoms with Crippen LogP contribution in [0, 0.1) is 0 Å². The van der Waals surface area contributed by atoms with Crippen LogP contribution >= 0.6 is 15.9 Å². The minimum Gasteiger partial charge on any atom is -0.493 e. The van der Waals surface area contributed by atoms with Crippen LogP contribution in [0.1, 0.15) is 30.0 Å². The zero-order chi connectivity index (χ0) is 13.3. The average molecular weight is 324 g/mol. The number of halogens is 4. The molecule has 2 nitrogen and oxygen atoms in total. The summed E-state index contributed by atoms with van der Waals surface area (Å²) in [5, 5.41) is 0. The Balaban J connectivity index is 2.18. The number of benzene rings is 1. The van der Waals surface area contributed by atoms with Gasteiger partial charge in [0.05, 0.1) is 6.61 Å². The van der Waals surface area contributed by atoms with Gasteiger partial charge in [0.2, 0.25) is 0 Å². The zero-order valence-electron chi connectivity index (χ0n) is 9.56. The summed E-state index contributed by atoms with van der Waals surface area (Å²) in [5.41, 5.74) is 7.50. The van der Waals surface area contributed by atoms with E-state index in [0.29, 0.717) is 17.9 Å². The molecule has 6 heteroatoms. The van der Waals surface area contributed by atoms with Crippen LogP contribution in [0.15, 0.2) is 16.6 Å². The van der Waals surface area contributed by atoms with Gasteiger partial charge in [0.1, 0.15) is 5.75 Å². The number of rotatable bonds is 3. The molecule has 1 aliphatic heterocycles. The van der Waals surface area contributed by atoms with E-state index in [9.17, 15) is 13.2 Å². The van der Waals surface area contributed by atoms with Gasteiger partial charge in [-0.3, -0.25) is 0 Å². The molecule has 100 valence electrons. The largest absolute Gasteiger partial charge is 0.493 e. The maximum atomic E-state index is 12.2. The molecule has 0 saturated heterocycles. The van der Waals surface area contributed by atoms with Crippen molar-refractivity contribution >= 4 is 15.9 Å². The maximum Gasteiger partial charge on any atom is 0.389 e. The van der Waals surface area contributed by atoms with Gasteiger partial charge in [0.15, 0.2) is 0 Å². The smallest absolute Gasteiger partial charge is 0.389 e. The Kier molecular flexibility index (Phi) is 3.87. The van der Waals surface area contributed by atoms with E-state index >= 15 is 0 Å². The minimum atomic E-state index is -4.17. The summed E-state index contributed by atoms with van der Waals surface area (Å²) >= 11 is 3.34. The second kappa shape index (κ2) is 5.09. The Hall–Kier alpha value is -0.750. The summed E-state index contributed by atoms with van der Waals surface area (Å²) in [7, 11) is 0. The van der Waals surface area contributed by atoms with Crippen LogP contribution in [-0.2, 0) is 6.42 Å². The quantitative estimate of drug-likeness (QED) is 0.920. The van der Waals surface area contributed by atoms with Gasteiger partial charge in [-0.15, -0.1) is 0 Å². The number of hydrogen-bond donors (Lipinski definition) is 1. The first-order chi connectivity index (χ1) is 8.37. The number of ether oxygens (including phenoxy) is 1. The summed E-state index contributed by atoms with van der Waals surface area (Å²) in [6.45, 7) is 0.560. The predicted octanol–water partition coefficient (Wildman–Crippen LogP) is 3.73. The lowest BCUT2D eigenvalue weighted by Gasteiger charge is -2.17. The number of nitrogens with two attached hydrogens (primary N) is 1. The van der Waals surface area contributed by atoms with Gasteiger partial charge in [-0.25, -0.2) is 0 Å². The molecule has 0 aromatic heterocycles. The summed E-state index contributed by atoms with van der Waals surface area (Å²) in [6.07, 6.45) is -4.41. The monoisotopic (exact) mass is 323 g/mol. The fraction of sp³-hybridized carbons (Fsp3) is 0.500. The van der Waals surface area contributed by atoms with Crippen LogP contribution in [0.2, 0.25) is 0 Å². The van der Waals surface area contributed by atoms with Crippen molar-refractivity contribution in [3.05, 3.63) is 27.7 Å². The first-order valence-corrected chi connectivity index (χ1v) is 6.43. The standard InChI is InChI=1S/C12H13BrF3NO/c13-8-5-7-2-4-18-11(7)9(6-8)10(17)1-3-12(14,15)16/h5-6,10H,1-4,17H2. The van der Waals surface area contributed by atoms with Crippen molar-refractivity contribution in [1.29, 1.82) is 0 Å². The molecule has 2 rings (SSSR count). The SMILES string of the molecule is NC(CCC(F)(F)F)c1cc(Br)cc2c1OCC2. The van der Waals surface area contributed by atoms with Gasteiger partial charge in [-0.05, 0) is 24.1 Å². The Bertz CT molecular complexity index is 448. The second-order valence-electron chi connectivity index (χ2n) is 4.34. The van der Waals surface area contributed by atoms with Gasteiger partial charge >= 0.3 is 6.18 Å². The molecule has 1 atom stereocenters. The first-order valence-electron chi connectivity index (χ1n) is 5.64. The Morgan fingerprint density at radius 3 is 2.78 bits per heavy atom. The van der Waals surface area contributed by atoms with Crippen LogP contribution in [0.4, 0.5) is 13.2 Å². The van der Waals surface area contributed by atoms with Crippen molar-refractivity contribution in [2.45, 2.75) is 31.5 Å². The van der Waals surface area contributed by atoms with Gasteiger partial charge in [0, 0.05) is 28.9 Å². The molecule has 0 aliphatic carbocycles. The Morgan fingerprint density at radius 1 is 1.39 bits per heavy atom. The second-order valence-corrected chi connectivity index (χ2v) is 5.26. The fourth-order valence-electron chi connectivity index (χ4n) is 2.05. The number of hydrogen-bond acceptors (Lipinski definition) is 2. The molecule has 0 amide bonds. The highest BCUT2D eigenvalue weighted by atomic mass is 79.9. The third-order valence-electron chi connectivity index (χ3n) is 2.92. The van der Waals surface area contributed by atoms with Crippen LogP contribution in [0.5, 0.6) is 5.75 Å². The third kappa shape index (κ3) is 3.17. The third-order valence-corrected chi connectivity index (χ3v) is 3.37. The highest BCUT2D eigenvalue weighted by Crippen LogP contribution is 2.38. The van der Waals surface area contributed by atoms with E-state index in [4.69, 9.17) is 10.5 Å².